The molecule has 0 fully saturated rings. The highest BCUT2D eigenvalue weighted by Gasteiger charge is 2.06. The molecule has 0 aliphatic rings. The van der Waals surface area contributed by atoms with Crippen LogP contribution >= 0.6 is 0 Å². The Kier molecular flexibility index (Phi) is 4.61. The number of carbonyl (C=O) groups excluding carboxylic acids is 1. The molecule has 80 valence electrons. The number of benzene rings is 1. The van der Waals surface area contributed by atoms with Crippen LogP contribution in [0.3, 0.4) is 0 Å². The van der Waals surface area contributed by atoms with E-state index < -0.39 is 0 Å². The van der Waals surface area contributed by atoms with Gasteiger partial charge in [0.2, 0.25) is 0 Å². The Balaban J connectivity index is 3.03. The molecule has 0 aromatic heterocycles. The van der Waals surface area contributed by atoms with E-state index in [2.05, 4.69) is 18.7 Å². The average Bonchev–Trinajstić information content (AvgIpc) is 2.30. The van der Waals surface area contributed by atoms with Gasteiger partial charge in [-0.25, -0.2) is 0 Å². The van der Waals surface area contributed by atoms with E-state index in [4.69, 9.17) is 0 Å². The van der Waals surface area contributed by atoms with E-state index in [9.17, 15) is 4.79 Å². The van der Waals surface area contributed by atoms with Gasteiger partial charge in [-0.05, 0) is 19.4 Å². The van der Waals surface area contributed by atoms with E-state index in [0.717, 1.165) is 30.6 Å². The third kappa shape index (κ3) is 2.94. The maximum atomic E-state index is 10.6. The molecule has 0 amide bonds. The Morgan fingerprint density at radius 2 is 1.80 bits per heavy atom. The molecule has 2 heteroatoms. The normalized spacial score (nSPS) is 11.2. The lowest BCUT2D eigenvalue weighted by Crippen LogP contribution is -2.21. The molecule has 1 aromatic carbocycles. The first kappa shape index (κ1) is 11.5. The van der Waals surface area contributed by atoms with Crippen molar-refractivity contribution in [1.82, 2.24) is 4.90 Å². The van der Waals surface area contributed by atoms with Gasteiger partial charge in [-0.2, -0.15) is 0 Å². The molecule has 0 radical (unpaired) electrons. The van der Waals surface area contributed by atoms with Crippen LogP contribution in [0.15, 0.2) is 36.4 Å². The molecule has 0 saturated heterocycles. The van der Waals surface area contributed by atoms with Crippen molar-refractivity contribution in [3.05, 3.63) is 42.0 Å². The summed E-state index contributed by atoms with van der Waals surface area (Å²) < 4.78 is 0. The van der Waals surface area contributed by atoms with Gasteiger partial charge in [0.25, 0.3) is 0 Å². The molecule has 0 unspecified atom stereocenters. The van der Waals surface area contributed by atoms with E-state index in [1.807, 2.05) is 30.3 Å². The van der Waals surface area contributed by atoms with Crippen LogP contribution in [-0.2, 0) is 4.79 Å². The van der Waals surface area contributed by atoms with E-state index in [-0.39, 0.29) is 0 Å². The first-order chi connectivity index (χ1) is 7.33. The zero-order valence-corrected chi connectivity index (χ0v) is 9.31. The predicted molar refractivity (Wildman–Crippen MR) is 63.4 cm³/mol. The highest BCUT2D eigenvalue weighted by Crippen LogP contribution is 2.17. The first-order valence-corrected chi connectivity index (χ1v) is 5.29. The summed E-state index contributed by atoms with van der Waals surface area (Å²) in [5.41, 5.74) is 2.09. The van der Waals surface area contributed by atoms with E-state index >= 15 is 0 Å². The monoisotopic (exact) mass is 203 g/mol. The number of aldehydes is 1. The minimum absolute atomic E-state index is 0.848. The molecule has 1 aromatic rings. The summed E-state index contributed by atoms with van der Waals surface area (Å²) in [6.45, 7) is 5.99. The zero-order chi connectivity index (χ0) is 11.1. The zero-order valence-electron chi connectivity index (χ0n) is 9.31. The molecule has 2 nitrogen and oxygen atoms in total. The van der Waals surface area contributed by atoms with Crippen LogP contribution in [0, 0.1) is 0 Å². The minimum Gasteiger partial charge on any atom is -0.372 e. The topological polar surface area (TPSA) is 20.3 Å². The summed E-state index contributed by atoms with van der Waals surface area (Å²) in [7, 11) is 0. The predicted octanol–water partition coefficient (Wildman–Crippen LogP) is 2.57. The lowest BCUT2D eigenvalue weighted by Gasteiger charge is -2.24. The SMILES string of the molecule is CCN(CC)/C(=C/C=O)c1ccccc1. The Morgan fingerprint density at radius 1 is 1.20 bits per heavy atom. The highest BCUT2D eigenvalue weighted by atomic mass is 16.1. The largest absolute Gasteiger partial charge is 0.372 e. The van der Waals surface area contributed by atoms with E-state index in [1.165, 1.54) is 0 Å². The second-order valence-corrected chi connectivity index (χ2v) is 3.23. The fraction of sp³-hybridized carbons (Fsp3) is 0.308. The van der Waals surface area contributed by atoms with Gasteiger partial charge in [0.15, 0.2) is 0 Å². The van der Waals surface area contributed by atoms with Crippen molar-refractivity contribution < 1.29 is 4.79 Å². The van der Waals surface area contributed by atoms with E-state index in [0.29, 0.717) is 0 Å². The van der Waals surface area contributed by atoms with Crippen molar-refractivity contribution in [3.8, 4) is 0 Å². The van der Waals surface area contributed by atoms with Crippen molar-refractivity contribution in [3.63, 3.8) is 0 Å². The second kappa shape index (κ2) is 6.02. The molecule has 1 rings (SSSR count). The lowest BCUT2D eigenvalue weighted by molar-refractivity contribution is -0.104. The summed E-state index contributed by atoms with van der Waals surface area (Å²) in [6.07, 6.45) is 2.48. The van der Waals surface area contributed by atoms with Gasteiger partial charge in [-0.3, -0.25) is 4.79 Å². The number of carbonyl (C=O) groups is 1. The highest BCUT2D eigenvalue weighted by molar-refractivity contribution is 5.80. The van der Waals surface area contributed by atoms with Gasteiger partial charge in [0.05, 0.1) is 0 Å². The molecule has 0 atom stereocenters. The number of nitrogens with zero attached hydrogens (tertiary/aromatic N) is 1. The molecule has 0 heterocycles. The summed E-state index contributed by atoms with van der Waals surface area (Å²) in [5.74, 6) is 0. The van der Waals surface area contributed by atoms with Gasteiger partial charge in [0, 0.05) is 24.9 Å². The molecule has 0 N–H and O–H groups in total. The number of hydrogen-bond donors (Lipinski definition) is 0. The molecule has 15 heavy (non-hydrogen) atoms. The van der Waals surface area contributed by atoms with Crippen molar-refractivity contribution in [1.29, 1.82) is 0 Å². The van der Waals surface area contributed by atoms with Crippen LogP contribution in [0.25, 0.3) is 5.70 Å². The molecular weight excluding hydrogens is 186 g/mol. The third-order valence-electron chi connectivity index (χ3n) is 2.40. The number of hydrogen-bond acceptors (Lipinski definition) is 2. The van der Waals surface area contributed by atoms with Gasteiger partial charge in [-0.15, -0.1) is 0 Å². The summed E-state index contributed by atoms with van der Waals surface area (Å²) in [4.78, 5) is 12.8. The Labute approximate surface area is 91.2 Å². The van der Waals surface area contributed by atoms with Crippen molar-refractivity contribution in [2.75, 3.05) is 13.1 Å². The molecule has 0 spiro atoms. The van der Waals surface area contributed by atoms with Gasteiger partial charge in [0.1, 0.15) is 6.29 Å². The fourth-order valence-corrected chi connectivity index (χ4v) is 1.62. The van der Waals surface area contributed by atoms with Crippen LogP contribution < -0.4 is 0 Å². The molecule has 0 aliphatic heterocycles. The Morgan fingerprint density at radius 3 is 2.27 bits per heavy atom. The molecular formula is C13H17NO. The summed E-state index contributed by atoms with van der Waals surface area (Å²) in [5, 5.41) is 0. The first-order valence-electron chi connectivity index (χ1n) is 5.29. The van der Waals surface area contributed by atoms with Gasteiger partial charge >= 0.3 is 0 Å². The Bertz CT molecular complexity index is 326. The lowest BCUT2D eigenvalue weighted by atomic mass is 10.1. The quantitative estimate of drug-likeness (QED) is 0.541. The van der Waals surface area contributed by atoms with Crippen LogP contribution in [0.2, 0.25) is 0 Å². The third-order valence-corrected chi connectivity index (χ3v) is 2.40. The van der Waals surface area contributed by atoms with E-state index in [1.54, 1.807) is 6.08 Å². The van der Waals surface area contributed by atoms with Crippen LogP contribution in [0.4, 0.5) is 0 Å². The standard InChI is InChI=1S/C13H17NO/c1-3-14(4-2)13(10-11-15)12-8-6-5-7-9-12/h5-11H,3-4H2,1-2H3/b13-10+. The minimum atomic E-state index is 0.848. The van der Waals surface area contributed by atoms with Gasteiger partial charge in [-0.1, -0.05) is 30.3 Å². The van der Waals surface area contributed by atoms with Crippen LogP contribution in [0.5, 0.6) is 0 Å². The van der Waals surface area contributed by atoms with Crippen molar-refractivity contribution in [2.24, 2.45) is 0 Å². The summed E-state index contributed by atoms with van der Waals surface area (Å²) >= 11 is 0. The van der Waals surface area contributed by atoms with Crippen molar-refractivity contribution in [2.45, 2.75) is 13.8 Å². The smallest absolute Gasteiger partial charge is 0.144 e. The number of allylic oxidation sites excluding steroid dienone is 1. The second-order valence-electron chi connectivity index (χ2n) is 3.23. The number of rotatable bonds is 5. The van der Waals surface area contributed by atoms with Crippen LogP contribution in [0.1, 0.15) is 19.4 Å². The average molecular weight is 203 g/mol. The summed E-state index contributed by atoms with van der Waals surface area (Å²) in [6, 6.07) is 9.99. The Hall–Kier alpha value is -1.57. The maximum absolute atomic E-state index is 10.6. The molecule has 0 saturated carbocycles. The van der Waals surface area contributed by atoms with Gasteiger partial charge < -0.3 is 4.90 Å². The van der Waals surface area contributed by atoms with Crippen molar-refractivity contribution >= 4 is 12.0 Å². The molecule has 0 aliphatic carbocycles. The maximum Gasteiger partial charge on any atom is 0.144 e. The van der Waals surface area contributed by atoms with Crippen LogP contribution in [-0.4, -0.2) is 24.3 Å². The fourth-order valence-electron chi connectivity index (χ4n) is 1.62. The molecule has 0 bridgehead atoms.